The summed E-state index contributed by atoms with van der Waals surface area (Å²) in [6.07, 6.45) is 6.60. The van der Waals surface area contributed by atoms with Gasteiger partial charge in [-0.3, -0.25) is 0 Å². The first kappa shape index (κ1) is 5.61. The predicted octanol–water partition coefficient (Wildman–Crippen LogP) is 1.10. The highest BCUT2D eigenvalue weighted by atomic mass is 16.7. The van der Waals surface area contributed by atoms with Crippen LogP contribution in [0, 0.1) is 11.8 Å². The van der Waals surface area contributed by atoms with Crippen LogP contribution in [0.25, 0.3) is 0 Å². The molecule has 0 aromatic heterocycles. The van der Waals surface area contributed by atoms with Crippen molar-refractivity contribution in [1.82, 2.24) is 0 Å². The third-order valence-electron chi connectivity index (χ3n) is 5.16. The van der Waals surface area contributed by atoms with Gasteiger partial charge in [0.2, 0.25) is 0 Å². The van der Waals surface area contributed by atoms with Crippen molar-refractivity contribution in [2.24, 2.45) is 11.8 Å². The molecule has 5 fully saturated rings. The van der Waals surface area contributed by atoms with Crippen LogP contribution in [-0.4, -0.2) is 23.4 Å². The number of hydrogen-bond acceptors (Lipinski definition) is 2. The summed E-state index contributed by atoms with van der Waals surface area (Å²) in [5.41, 5.74) is 0.624. The van der Waals surface area contributed by atoms with Crippen LogP contribution in [0.4, 0.5) is 0 Å². The minimum atomic E-state index is 0.278. The van der Waals surface area contributed by atoms with Crippen molar-refractivity contribution in [1.29, 1.82) is 0 Å². The third-order valence-corrected chi connectivity index (χ3v) is 5.16. The maximum Gasteiger partial charge on any atom is 0.130 e. The van der Waals surface area contributed by atoms with Gasteiger partial charge in [-0.25, -0.2) is 0 Å². The highest BCUT2D eigenvalue weighted by molar-refractivity contribution is 5.38. The van der Waals surface area contributed by atoms with Crippen LogP contribution in [0.1, 0.15) is 25.7 Å². The van der Waals surface area contributed by atoms with Crippen molar-refractivity contribution >= 4 is 0 Å². The van der Waals surface area contributed by atoms with E-state index in [4.69, 9.17) is 9.47 Å². The van der Waals surface area contributed by atoms with Gasteiger partial charge in [0.05, 0.1) is 6.10 Å². The molecular formula is C10H12O2. The smallest absolute Gasteiger partial charge is 0.130 e. The summed E-state index contributed by atoms with van der Waals surface area (Å²) in [6, 6.07) is 0. The van der Waals surface area contributed by atoms with Crippen molar-refractivity contribution in [3.63, 3.8) is 0 Å². The van der Waals surface area contributed by atoms with Gasteiger partial charge >= 0.3 is 0 Å². The van der Waals surface area contributed by atoms with Crippen molar-refractivity contribution in [3.05, 3.63) is 0 Å². The van der Waals surface area contributed by atoms with Gasteiger partial charge in [-0.15, -0.1) is 0 Å². The van der Waals surface area contributed by atoms with Gasteiger partial charge in [0.15, 0.2) is 0 Å². The minimum Gasteiger partial charge on any atom is -0.366 e. The molecule has 2 aliphatic heterocycles. The van der Waals surface area contributed by atoms with Crippen LogP contribution in [0.15, 0.2) is 0 Å². The second-order valence-electron chi connectivity index (χ2n) is 5.33. The first-order valence-corrected chi connectivity index (χ1v) is 5.21. The van der Waals surface area contributed by atoms with Crippen molar-refractivity contribution in [2.75, 3.05) is 0 Å². The number of hydrogen-bond donors (Lipinski definition) is 0. The zero-order valence-corrected chi connectivity index (χ0v) is 6.95. The number of fused-ring (bicyclic) bond motifs is 3. The summed E-state index contributed by atoms with van der Waals surface area (Å²) in [5, 5.41) is 0. The maximum atomic E-state index is 6.07. The van der Waals surface area contributed by atoms with Crippen molar-refractivity contribution in [2.45, 2.75) is 49.1 Å². The number of rotatable bonds is 0. The van der Waals surface area contributed by atoms with E-state index in [0.717, 1.165) is 11.8 Å². The molecule has 2 saturated heterocycles. The Bertz CT molecular complexity index is 302. The quantitative estimate of drug-likeness (QED) is 0.501. The standard InChI is InChI=1S/C10H12O2/c1-2-9-4-5(1)6-3-7-8(11-7)10(6,9)12-9/h5-8H,1-4H2. The van der Waals surface area contributed by atoms with E-state index in [9.17, 15) is 0 Å². The molecule has 0 aromatic rings. The van der Waals surface area contributed by atoms with Crippen LogP contribution in [0.2, 0.25) is 0 Å². The van der Waals surface area contributed by atoms with Crippen molar-refractivity contribution < 1.29 is 9.47 Å². The summed E-state index contributed by atoms with van der Waals surface area (Å²) in [7, 11) is 0. The highest BCUT2D eigenvalue weighted by Gasteiger charge is 2.91. The van der Waals surface area contributed by atoms with Gasteiger partial charge < -0.3 is 9.47 Å². The lowest BCUT2D eigenvalue weighted by Gasteiger charge is -2.22. The van der Waals surface area contributed by atoms with E-state index >= 15 is 0 Å². The Morgan fingerprint density at radius 1 is 1.33 bits per heavy atom. The molecule has 6 atom stereocenters. The van der Waals surface area contributed by atoms with Crippen LogP contribution in [0.3, 0.4) is 0 Å². The van der Waals surface area contributed by atoms with E-state index in [0.29, 0.717) is 17.8 Å². The van der Waals surface area contributed by atoms with Gasteiger partial charge in [0.1, 0.15) is 17.3 Å². The molecule has 12 heavy (non-hydrogen) atoms. The Kier molecular flexibility index (Phi) is 0.561. The molecule has 2 bridgehead atoms. The zero-order valence-electron chi connectivity index (χ0n) is 6.95. The average molecular weight is 164 g/mol. The summed E-state index contributed by atoms with van der Waals surface area (Å²) < 4.78 is 11.7. The molecule has 2 nitrogen and oxygen atoms in total. The fourth-order valence-electron chi connectivity index (χ4n) is 4.74. The maximum absolute atomic E-state index is 6.07. The first-order chi connectivity index (χ1) is 5.86. The topological polar surface area (TPSA) is 25.1 Å². The van der Waals surface area contributed by atoms with Gasteiger partial charge in [0.25, 0.3) is 0 Å². The lowest BCUT2D eigenvalue weighted by molar-refractivity contribution is 0.103. The molecule has 6 unspecified atom stereocenters. The Morgan fingerprint density at radius 2 is 2.33 bits per heavy atom. The fourth-order valence-corrected chi connectivity index (χ4v) is 4.74. The van der Waals surface area contributed by atoms with Crippen LogP contribution in [0.5, 0.6) is 0 Å². The molecule has 3 aliphatic carbocycles. The first-order valence-electron chi connectivity index (χ1n) is 5.21. The van der Waals surface area contributed by atoms with Gasteiger partial charge in [-0.1, -0.05) is 0 Å². The second-order valence-corrected chi connectivity index (χ2v) is 5.33. The van der Waals surface area contributed by atoms with Crippen molar-refractivity contribution in [3.8, 4) is 0 Å². The Hall–Kier alpha value is -0.0800. The molecular weight excluding hydrogens is 152 g/mol. The number of ether oxygens (including phenoxy) is 2. The van der Waals surface area contributed by atoms with E-state index in [1.54, 1.807) is 0 Å². The molecule has 64 valence electrons. The van der Waals surface area contributed by atoms with E-state index < -0.39 is 0 Å². The molecule has 0 radical (unpaired) electrons. The third kappa shape index (κ3) is 0.317. The molecule has 2 heterocycles. The average Bonchev–Trinajstić information content (AvgIpc) is 2.81. The highest BCUT2D eigenvalue weighted by Crippen LogP contribution is 2.80. The Morgan fingerprint density at radius 3 is 3.25 bits per heavy atom. The molecule has 2 spiro atoms. The van der Waals surface area contributed by atoms with Gasteiger partial charge in [0, 0.05) is 0 Å². The minimum absolute atomic E-state index is 0.278. The monoisotopic (exact) mass is 164 g/mol. The lowest BCUT2D eigenvalue weighted by atomic mass is 9.81. The summed E-state index contributed by atoms with van der Waals surface area (Å²) in [6.45, 7) is 0. The van der Waals surface area contributed by atoms with Crippen LogP contribution < -0.4 is 0 Å². The molecule has 3 saturated carbocycles. The molecule has 5 aliphatic rings. The molecule has 5 rings (SSSR count). The van der Waals surface area contributed by atoms with E-state index in [1.165, 1.54) is 25.7 Å². The second kappa shape index (κ2) is 1.20. The number of epoxide rings is 2. The SMILES string of the molecule is C1CC23CC1C1CC4OC4C12O3. The molecule has 2 heteroatoms. The zero-order chi connectivity index (χ0) is 7.55. The lowest BCUT2D eigenvalue weighted by Crippen LogP contribution is -2.32. The van der Waals surface area contributed by atoms with E-state index in [-0.39, 0.29) is 5.60 Å². The Labute approximate surface area is 71.2 Å². The Balaban J connectivity index is 1.77. The summed E-state index contributed by atoms with van der Waals surface area (Å²) in [4.78, 5) is 0. The van der Waals surface area contributed by atoms with Gasteiger partial charge in [-0.2, -0.15) is 0 Å². The largest absolute Gasteiger partial charge is 0.366 e. The van der Waals surface area contributed by atoms with Crippen LogP contribution in [-0.2, 0) is 9.47 Å². The van der Waals surface area contributed by atoms with E-state index in [1.807, 2.05) is 0 Å². The molecule has 0 N–H and O–H groups in total. The van der Waals surface area contributed by atoms with Crippen LogP contribution >= 0.6 is 0 Å². The molecule has 0 amide bonds. The predicted molar refractivity (Wildman–Crippen MR) is 40.7 cm³/mol. The fraction of sp³-hybridized carbons (Fsp3) is 1.00. The summed E-state index contributed by atoms with van der Waals surface area (Å²) >= 11 is 0. The van der Waals surface area contributed by atoms with E-state index in [2.05, 4.69) is 0 Å². The molecule has 0 aromatic carbocycles. The normalized spacial score (nSPS) is 80.0. The van der Waals surface area contributed by atoms with Gasteiger partial charge in [-0.05, 0) is 37.5 Å². The summed E-state index contributed by atoms with van der Waals surface area (Å²) in [5.74, 6) is 1.91.